The van der Waals surface area contributed by atoms with Crippen LogP contribution in [0, 0.1) is 4.77 Å². The molecule has 20 heavy (non-hydrogen) atoms. The van der Waals surface area contributed by atoms with E-state index in [0.717, 1.165) is 45.9 Å². The molecule has 0 saturated carbocycles. The normalized spacial score (nSPS) is 23.1. The second kappa shape index (κ2) is 5.69. The predicted octanol–water partition coefficient (Wildman–Crippen LogP) is 3.18. The van der Waals surface area contributed by atoms with Crippen molar-refractivity contribution in [2.45, 2.75) is 25.8 Å². The number of rotatable bonds is 3. The molecular weight excluding hydrogens is 292 g/mol. The lowest BCUT2D eigenvalue weighted by Gasteiger charge is -2.23. The molecule has 2 heterocycles. The van der Waals surface area contributed by atoms with E-state index in [1.54, 1.807) is 0 Å². The van der Waals surface area contributed by atoms with E-state index in [1.165, 1.54) is 0 Å². The van der Waals surface area contributed by atoms with Crippen molar-refractivity contribution in [3.8, 4) is 5.75 Å². The van der Waals surface area contributed by atoms with Crippen molar-refractivity contribution in [1.82, 2.24) is 9.55 Å². The average molecular weight is 310 g/mol. The summed E-state index contributed by atoms with van der Waals surface area (Å²) in [5, 5.41) is 0. The fourth-order valence-electron chi connectivity index (χ4n) is 2.80. The molecule has 1 fully saturated rings. The molecule has 3 rings (SSSR count). The third-order valence-electron chi connectivity index (χ3n) is 3.74. The maximum atomic E-state index is 11.5. The van der Waals surface area contributed by atoms with Gasteiger partial charge in [0.05, 0.1) is 12.1 Å². The number of para-hydroxylation sites is 1. The number of nitrogens with one attached hydrogen (secondary N) is 1. The molecular formula is C14H18N2O2S2. The Morgan fingerprint density at radius 3 is 2.90 bits per heavy atom. The Kier molecular flexibility index (Phi) is 3.94. The van der Waals surface area contributed by atoms with Gasteiger partial charge in [0.1, 0.15) is 11.3 Å². The van der Waals surface area contributed by atoms with Crippen molar-refractivity contribution in [2.24, 2.45) is 0 Å². The summed E-state index contributed by atoms with van der Waals surface area (Å²) >= 11 is 5.48. The summed E-state index contributed by atoms with van der Waals surface area (Å²) in [7, 11) is -0.653. The van der Waals surface area contributed by atoms with Crippen LogP contribution in [-0.4, -0.2) is 31.9 Å². The fourth-order valence-corrected chi connectivity index (χ4v) is 4.42. The van der Waals surface area contributed by atoms with E-state index in [9.17, 15) is 4.21 Å². The second-order valence-electron chi connectivity index (χ2n) is 4.96. The molecule has 0 spiro atoms. The van der Waals surface area contributed by atoms with Crippen molar-refractivity contribution in [2.75, 3.05) is 18.1 Å². The molecule has 2 aromatic rings. The summed E-state index contributed by atoms with van der Waals surface area (Å²) in [5.74, 6) is 2.38. The highest BCUT2D eigenvalue weighted by Gasteiger charge is 2.22. The SMILES string of the molecule is CCOc1cccc2c1[nH]c(=S)n2C1CCS(=O)CC1. The first-order valence-corrected chi connectivity index (χ1v) is 8.81. The first kappa shape index (κ1) is 13.8. The van der Waals surface area contributed by atoms with E-state index < -0.39 is 10.8 Å². The third-order valence-corrected chi connectivity index (χ3v) is 5.42. The van der Waals surface area contributed by atoms with Crippen molar-refractivity contribution in [1.29, 1.82) is 0 Å². The number of fused-ring (bicyclic) bond motifs is 1. The molecule has 0 unspecified atom stereocenters. The van der Waals surface area contributed by atoms with Crippen molar-refractivity contribution >= 4 is 34.1 Å². The van der Waals surface area contributed by atoms with E-state index in [0.29, 0.717) is 12.6 Å². The maximum absolute atomic E-state index is 11.5. The summed E-state index contributed by atoms with van der Waals surface area (Å²) in [5.41, 5.74) is 2.05. The van der Waals surface area contributed by atoms with Crippen molar-refractivity contribution < 1.29 is 8.95 Å². The lowest BCUT2D eigenvalue weighted by molar-refractivity contribution is 0.343. The van der Waals surface area contributed by atoms with E-state index in [4.69, 9.17) is 17.0 Å². The Hall–Kier alpha value is -1.14. The number of hydrogen-bond acceptors (Lipinski definition) is 3. The molecule has 1 aromatic heterocycles. The minimum atomic E-state index is -0.653. The highest BCUT2D eigenvalue weighted by atomic mass is 32.2. The third kappa shape index (κ3) is 2.42. The van der Waals surface area contributed by atoms with Crippen LogP contribution < -0.4 is 4.74 Å². The van der Waals surface area contributed by atoms with Crippen molar-refractivity contribution in [3.05, 3.63) is 23.0 Å². The molecule has 0 aliphatic carbocycles. The van der Waals surface area contributed by atoms with Crippen LogP contribution in [0.1, 0.15) is 25.8 Å². The summed E-state index contributed by atoms with van der Waals surface area (Å²) in [4.78, 5) is 3.27. The maximum Gasteiger partial charge on any atom is 0.178 e. The largest absolute Gasteiger partial charge is 0.492 e. The van der Waals surface area contributed by atoms with Gasteiger partial charge in [-0.15, -0.1) is 0 Å². The summed E-state index contributed by atoms with van der Waals surface area (Å²) in [6, 6.07) is 6.35. The molecule has 1 saturated heterocycles. The van der Waals surface area contributed by atoms with Crippen molar-refractivity contribution in [3.63, 3.8) is 0 Å². The zero-order valence-corrected chi connectivity index (χ0v) is 13.1. The van der Waals surface area contributed by atoms with Gasteiger partial charge in [0.15, 0.2) is 4.77 Å². The van der Waals surface area contributed by atoms with Crippen LogP contribution in [0.4, 0.5) is 0 Å². The summed E-state index contributed by atoms with van der Waals surface area (Å²) in [6.45, 7) is 2.61. The zero-order valence-electron chi connectivity index (χ0n) is 11.4. The van der Waals surface area contributed by atoms with Gasteiger partial charge in [-0.2, -0.15) is 0 Å². The van der Waals surface area contributed by atoms with Gasteiger partial charge in [-0.1, -0.05) is 6.07 Å². The number of H-pyrrole nitrogens is 1. The Balaban J connectivity index is 2.07. The van der Waals surface area contributed by atoms with Gasteiger partial charge >= 0.3 is 0 Å². The van der Waals surface area contributed by atoms with E-state index in [1.807, 2.05) is 19.1 Å². The first-order chi connectivity index (χ1) is 9.70. The molecule has 1 N–H and O–H groups in total. The fraction of sp³-hybridized carbons (Fsp3) is 0.500. The number of aromatic nitrogens is 2. The molecule has 4 nitrogen and oxygen atoms in total. The monoisotopic (exact) mass is 310 g/mol. The van der Waals surface area contributed by atoms with Crippen LogP contribution in [0.5, 0.6) is 5.75 Å². The first-order valence-electron chi connectivity index (χ1n) is 6.91. The molecule has 1 aliphatic rings. The number of benzene rings is 1. The predicted molar refractivity (Wildman–Crippen MR) is 84.4 cm³/mol. The highest BCUT2D eigenvalue weighted by Crippen LogP contribution is 2.31. The van der Waals surface area contributed by atoms with Crippen LogP contribution in [0.15, 0.2) is 18.2 Å². The molecule has 1 aromatic carbocycles. The smallest absolute Gasteiger partial charge is 0.178 e. The molecule has 108 valence electrons. The van der Waals surface area contributed by atoms with Gasteiger partial charge in [0.25, 0.3) is 0 Å². The van der Waals surface area contributed by atoms with Gasteiger partial charge < -0.3 is 14.3 Å². The van der Waals surface area contributed by atoms with Gasteiger partial charge in [-0.3, -0.25) is 4.21 Å². The van der Waals surface area contributed by atoms with Gasteiger partial charge in [-0.05, 0) is 44.1 Å². The Morgan fingerprint density at radius 1 is 1.45 bits per heavy atom. The second-order valence-corrected chi connectivity index (χ2v) is 7.05. The van der Waals surface area contributed by atoms with Crippen LogP contribution in [0.3, 0.4) is 0 Å². The quantitative estimate of drug-likeness (QED) is 0.886. The highest BCUT2D eigenvalue weighted by molar-refractivity contribution is 7.85. The Morgan fingerprint density at radius 2 is 2.20 bits per heavy atom. The van der Waals surface area contributed by atoms with Crippen LogP contribution >= 0.6 is 12.2 Å². The van der Waals surface area contributed by atoms with E-state index in [-0.39, 0.29) is 0 Å². The molecule has 0 bridgehead atoms. The number of imidazole rings is 1. The molecule has 0 amide bonds. The summed E-state index contributed by atoms with van der Waals surface area (Å²) < 4.78 is 20.1. The Labute approximate surface area is 125 Å². The molecule has 0 radical (unpaired) electrons. The van der Waals surface area contributed by atoms with Gasteiger partial charge in [-0.25, -0.2) is 0 Å². The minimum Gasteiger partial charge on any atom is -0.492 e. The van der Waals surface area contributed by atoms with Crippen LogP contribution in [-0.2, 0) is 10.8 Å². The topological polar surface area (TPSA) is 47.0 Å². The zero-order chi connectivity index (χ0) is 14.1. The van der Waals surface area contributed by atoms with E-state index in [2.05, 4.69) is 15.6 Å². The standard InChI is InChI=1S/C14H18N2O2S2/c1-2-18-12-5-3-4-11-13(12)15-14(19)16(11)10-6-8-20(17)9-7-10/h3-5,10H,2,6-9H2,1H3,(H,15,19). The Bertz CT molecular complexity index is 695. The van der Waals surface area contributed by atoms with Gasteiger partial charge in [0.2, 0.25) is 0 Å². The number of aromatic amines is 1. The van der Waals surface area contributed by atoms with Crippen LogP contribution in [0.25, 0.3) is 11.0 Å². The van der Waals surface area contributed by atoms with Gasteiger partial charge in [0, 0.05) is 28.3 Å². The van der Waals surface area contributed by atoms with E-state index >= 15 is 0 Å². The molecule has 0 atom stereocenters. The number of hydrogen-bond donors (Lipinski definition) is 1. The lowest BCUT2D eigenvalue weighted by Crippen LogP contribution is -2.21. The number of nitrogens with zero attached hydrogens (tertiary/aromatic N) is 1. The molecule has 1 aliphatic heterocycles. The lowest BCUT2D eigenvalue weighted by atomic mass is 10.1. The molecule has 6 heteroatoms. The number of ether oxygens (including phenoxy) is 1. The minimum absolute atomic E-state index is 0.339. The van der Waals surface area contributed by atoms with Crippen LogP contribution in [0.2, 0.25) is 0 Å². The average Bonchev–Trinajstić information content (AvgIpc) is 2.78. The summed E-state index contributed by atoms with van der Waals surface area (Å²) in [6.07, 6.45) is 1.85.